The molecule has 2 aliphatic rings. The Bertz CT molecular complexity index is 999. The molecule has 0 saturated carbocycles. The molecule has 1 saturated heterocycles. The molecule has 0 unspecified atom stereocenters. The zero-order chi connectivity index (χ0) is 23.9. The molecule has 8 heteroatoms. The highest BCUT2D eigenvalue weighted by Gasteiger charge is 2.27. The van der Waals surface area contributed by atoms with Crippen molar-refractivity contribution >= 4 is 45.3 Å². The van der Waals surface area contributed by atoms with Gasteiger partial charge in [0.1, 0.15) is 10.8 Å². The zero-order valence-corrected chi connectivity index (χ0v) is 21.9. The van der Waals surface area contributed by atoms with Crippen LogP contribution in [0.15, 0.2) is 24.3 Å². The van der Waals surface area contributed by atoms with Gasteiger partial charge in [0.15, 0.2) is 5.11 Å². The van der Waals surface area contributed by atoms with Crippen molar-refractivity contribution in [3.63, 3.8) is 0 Å². The predicted molar refractivity (Wildman–Crippen MR) is 144 cm³/mol. The summed E-state index contributed by atoms with van der Waals surface area (Å²) in [6.07, 6.45) is 6.72. The lowest BCUT2D eigenvalue weighted by atomic mass is 9.96. The molecule has 1 aliphatic carbocycles. The van der Waals surface area contributed by atoms with Crippen molar-refractivity contribution in [3.8, 4) is 5.75 Å². The van der Waals surface area contributed by atoms with Crippen LogP contribution >= 0.6 is 23.6 Å². The first-order valence-corrected chi connectivity index (χ1v) is 13.7. The van der Waals surface area contributed by atoms with Crippen LogP contribution in [-0.2, 0) is 17.6 Å². The Kier molecular flexibility index (Phi) is 8.67. The minimum absolute atomic E-state index is 0.233. The van der Waals surface area contributed by atoms with Gasteiger partial charge in [-0.25, -0.2) is 4.79 Å². The van der Waals surface area contributed by atoms with Crippen LogP contribution in [0.3, 0.4) is 0 Å². The van der Waals surface area contributed by atoms with Crippen LogP contribution in [0.1, 0.15) is 60.3 Å². The van der Waals surface area contributed by atoms with Crippen molar-refractivity contribution in [2.45, 2.75) is 52.4 Å². The van der Waals surface area contributed by atoms with Crippen LogP contribution in [0, 0.1) is 0 Å². The van der Waals surface area contributed by atoms with E-state index in [-0.39, 0.29) is 5.97 Å². The van der Waals surface area contributed by atoms with E-state index in [1.807, 2.05) is 26.0 Å². The van der Waals surface area contributed by atoms with Crippen molar-refractivity contribution in [1.29, 1.82) is 0 Å². The number of para-hydroxylation sites is 2. The number of carbonyl (C=O) groups excluding carboxylic acids is 1. The number of fused-ring (bicyclic) bond motifs is 1. The number of thiocarbonyl (C=S) groups is 1. The first-order valence-electron chi connectivity index (χ1n) is 12.5. The Labute approximate surface area is 212 Å². The Morgan fingerprint density at radius 3 is 2.50 bits per heavy atom. The summed E-state index contributed by atoms with van der Waals surface area (Å²) in [5.41, 5.74) is 3.01. The Morgan fingerprint density at radius 1 is 1.03 bits per heavy atom. The van der Waals surface area contributed by atoms with Crippen molar-refractivity contribution in [2.75, 3.05) is 49.6 Å². The minimum atomic E-state index is -0.233. The number of nitrogens with one attached hydrogen (secondary N) is 1. The van der Waals surface area contributed by atoms with Gasteiger partial charge in [-0.15, -0.1) is 11.3 Å². The van der Waals surface area contributed by atoms with Crippen molar-refractivity contribution in [1.82, 2.24) is 4.90 Å². The van der Waals surface area contributed by atoms with Crippen LogP contribution in [-0.4, -0.2) is 55.4 Å². The molecule has 0 atom stereocenters. The number of anilines is 2. The molecule has 0 spiro atoms. The molecule has 0 bridgehead atoms. The second-order valence-electron chi connectivity index (χ2n) is 8.65. The highest BCUT2D eigenvalue weighted by Crippen LogP contribution is 2.38. The van der Waals surface area contributed by atoms with Gasteiger partial charge < -0.3 is 24.6 Å². The maximum Gasteiger partial charge on any atom is 0.341 e. The van der Waals surface area contributed by atoms with E-state index in [1.54, 1.807) is 11.3 Å². The number of nitrogens with zero attached hydrogens (tertiary/aromatic N) is 2. The molecule has 2 aromatic rings. The average molecular weight is 502 g/mol. The van der Waals surface area contributed by atoms with Gasteiger partial charge in [-0.2, -0.15) is 0 Å². The summed E-state index contributed by atoms with van der Waals surface area (Å²) in [5.74, 6) is 0.692. The van der Waals surface area contributed by atoms with Gasteiger partial charge in [-0.1, -0.05) is 25.0 Å². The van der Waals surface area contributed by atoms with Gasteiger partial charge >= 0.3 is 5.97 Å². The molecule has 1 fully saturated rings. The smallest absolute Gasteiger partial charge is 0.341 e. The number of thiophene rings is 1. The topological polar surface area (TPSA) is 54.0 Å². The van der Waals surface area contributed by atoms with E-state index >= 15 is 0 Å². The molecule has 1 aromatic heterocycles. The van der Waals surface area contributed by atoms with E-state index in [4.69, 9.17) is 21.7 Å². The Morgan fingerprint density at radius 2 is 1.76 bits per heavy atom. The zero-order valence-electron chi connectivity index (χ0n) is 20.2. The fourth-order valence-corrected chi connectivity index (χ4v) is 6.37. The van der Waals surface area contributed by atoms with E-state index in [2.05, 4.69) is 27.2 Å². The summed E-state index contributed by atoms with van der Waals surface area (Å²) in [7, 11) is 0. The Balaban J connectivity index is 1.46. The lowest BCUT2D eigenvalue weighted by molar-refractivity contribution is 0.0526. The number of rotatable bonds is 6. The van der Waals surface area contributed by atoms with E-state index in [9.17, 15) is 4.79 Å². The first-order chi connectivity index (χ1) is 16.6. The molecule has 1 N–H and O–H groups in total. The predicted octanol–water partition coefficient (Wildman–Crippen LogP) is 5.50. The third kappa shape index (κ3) is 5.66. The van der Waals surface area contributed by atoms with Crippen molar-refractivity contribution in [3.05, 3.63) is 40.3 Å². The highest BCUT2D eigenvalue weighted by atomic mass is 32.1. The molecule has 1 aromatic carbocycles. The molecule has 4 rings (SSSR count). The summed E-state index contributed by atoms with van der Waals surface area (Å²) in [5, 5.41) is 4.96. The third-order valence-electron chi connectivity index (χ3n) is 6.44. The molecule has 0 radical (unpaired) electrons. The standard InChI is InChI=1S/C26H35N3O3S2/c1-3-31-21-13-10-9-12-20(21)28-15-17-29(18-16-28)26(33)27-24-23(25(30)32-4-2)19-11-7-5-6-8-14-22(19)34-24/h9-10,12-13H,3-8,11,14-18H2,1-2H3,(H,27,33). The SMILES string of the molecule is CCOC(=O)c1c(NC(=S)N2CCN(c3ccccc3OCC)CC2)sc2c1CCCCCC2. The van der Waals surface area contributed by atoms with Gasteiger partial charge in [0.2, 0.25) is 0 Å². The number of esters is 1. The number of carbonyl (C=O) groups is 1. The monoisotopic (exact) mass is 501 g/mol. The molecule has 1 aliphatic heterocycles. The maximum atomic E-state index is 12.9. The van der Waals surface area contributed by atoms with Gasteiger partial charge in [0, 0.05) is 31.1 Å². The number of hydrogen-bond donors (Lipinski definition) is 1. The highest BCUT2D eigenvalue weighted by molar-refractivity contribution is 7.80. The number of benzene rings is 1. The first kappa shape index (κ1) is 24.8. The van der Waals surface area contributed by atoms with Crippen molar-refractivity contribution in [2.24, 2.45) is 0 Å². The summed E-state index contributed by atoms with van der Waals surface area (Å²) >= 11 is 7.49. The summed E-state index contributed by atoms with van der Waals surface area (Å²) in [6, 6.07) is 8.20. The molecule has 184 valence electrons. The molecular weight excluding hydrogens is 466 g/mol. The fourth-order valence-electron chi connectivity index (χ4n) is 4.75. The van der Waals surface area contributed by atoms with Crippen LogP contribution in [0.4, 0.5) is 10.7 Å². The summed E-state index contributed by atoms with van der Waals surface area (Å²) in [6.45, 7) is 8.23. The van der Waals surface area contributed by atoms with E-state index in [1.165, 1.54) is 29.7 Å². The fraction of sp³-hybridized carbons (Fsp3) is 0.538. The number of ether oxygens (including phenoxy) is 2. The van der Waals surface area contributed by atoms with Crippen molar-refractivity contribution < 1.29 is 14.3 Å². The summed E-state index contributed by atoms with van der Waals surface area (Å²) < 4.78 is 11.3. The lowest BCUT2D eigenvalue weighted by Gasteiger charge is -2.37. The molecule has 2 heterocycles. The largest absolute Gasteiger partial charge is 0.492 e. The van der Waals surface area contributed by atoms with Crippen LogP contribution < -0.4 is 15.0 Å². The minimum Gasteiger partial charge on any atom is -0.492 e. The van der Waals surface area contributed by atoms with E-state index in [0.717, 1.165) is 61.9 Å². The van der Waals surface area contributed by atoms with Crippen LogP contribution in [0.2, 0.25) is 0 Å². The number of aryl methyl sites for hydroxylation is 1. The number of piperazine rings is 1. The van der Waals surface area contributed by atoms with Gasteiger partial charge in [-0.05, 0) is 69.4 Å². The molecule has 0 amide bonds. The quantitative estimate of drug-likeness (QED) is 0.414. The second kappa shape index (κ2) is 11.9. The van der Waals surface area contributed by atoms with Crippen LogP contribution in [0.5, 0.6) is 5.75 Å². The Hall–Kier alpha value is -2.32. The third-order valence-corrected chi connectivity index (χ3v) is 8.01. The molecule has 6 nitrogen and oxygen atoms in total. The van der Waals surface area contributed by atoms with Gasteiger partial charge in [0.25, 0.3) is 0 Å². The van der Waals surface area contributed by atoms with Crippen LogP contribution in [0.25, 0.3) is 0 Å². The van der Waals surface area contributed by atoms with Gasteiger partial charge in [-0.3, -0.25) is 0 Å². The van der Waals surface area contributed by atoms with E-state index < -0.39 is 0 Å². The second-order valence-corrected chi connectivity index (χ2v) is 10.1. The normalized spacial score (nSPS) is 16.3. The lowest BCUT2D eigenvalue weighted by Crippen LogP contribution is -2.50. The summed E-state index contributed by atoms with van der Waals surface area (Å²) in [4.78, 5) is 18.8. The molecule has 34 heavy (non-hydrogen) atoms. The maximum absolute atomic E-state index is 12.9. The van der Waals surface area contributed by atoms with E-state index in [0.29, 0.717) is 23.9 Å². The number of hydrogen-bond acceptors (Lipinski definition) is 6. The van der Waals surface area contributed by atoms with Gasteiger partial charge in [0.05, 0.1) is 24.5 Å². The molecular formula is C26H35N3O3S2. The average Bonchev–Trinajstić information content (AvgIpc) is 3.15.